The molecule has 1 aromatic heterocycles. The molecule has 0 aromatic carbocycles. The third-order valence-corrected chi connectivity index (χ3v) is 3.50. The van der Waals surface area contributed by atoms with E-state index < -0.39 is 0 Å². The van der Waals surface area contributed by atoms with Gasteiger partial charge in [0.1, 0.15) is 5.82 Å². The van der Waals surface area contributed by atoms with Crippen LogP contribution in [0.3, 0.4) is 0 Å². The smallest absolute Gasteiger partial charge is 0.224 e. The first-order valence-electron chi connectivity index (χ1n) is 5.23. The van der Waals surface area contributed by atoms with Crippen LogP contribution in [-0.2, 0) is 0 Å². The van der Waals surface area contributed by atoms with Gasteiger partial charge in [0.2, 0.25) is 5.95 Å². The lowest BCUT2D eigenvalue weighted by Crippen LogP contribution is -2.25. The molecule has 0 spiro atoms. The van der Waals surface area contributed by atoms with Crippen molar-refractivity contribution in [3.63, 3.8) is 0 Å². The van der Waals surface area contributed by atoms with Crippen LogP contribution in [0, 0.1) is 0 Å². The van der Waals surface area contributed by atoms with Crippen molar-refractivity contribution >= 4 is 23.5 Å². The molecule has 1 aliphatic rings. The summed E-state index contributed by atoms with van der Waals surface area (Å²) in [6.45, 7) is 0. The van der Waals surface area contributed by atoms with E-state index in [1.54, 1.807) is 6.20 Å². The van der Waals surface area contributed by atoms with Crippen molar-refractivity contribution in [3.8, 4) is 0 Å². The maximum absolute atomic E-state index is 4.35. The third kappa shape index (κ3) is 2.99. The van der Waals surface area contributed by atoms with Gasteiger partial charge in [0, 0.05) is 19.3 Å². The maximum atomic E-state index is 4.35. The minimum atomic E-state index is 0.575. The van der Waals surface area contributed by atoms with Crippen LogP contribution in [0.15, 0.2) is 12.3 Å². The number of hydrogen-bond donors (Lipinski definition) is 2. The number of nitrogens with one attached hydrogen (secondary N) is 2. The first-order chi connectivity index (χ1) is 7.38. The zero-order valence-corrected chi connectivity index (χ0v) is 9.68. The van der Waals surface area contributed by atoms with Crippen LogP contribution in [-0.4, -0.2) is 34.6 Å². The summed E-state index contributed by atoms with van der Waals surface area (Å²) in [4.78, 5) is 8.43. The van der Waals surface area contributed by atoms with Crippen molar-refractivity contribution in [1.82, 2.24) is 9.97 Å². The van der Waals surface area contributed by atoms with Gasteiger partial charge in [-0.1, -0.05) is 0 Å². The number of nitrogens with zero attached hydrogens (tertiary/aromatic N) is 2. The van der Waals surface area contributed by atoms with Gasteiger partial charge < -0.3 is 10.6 Å². The first-order valence-corrected chi connectivity index (χ1v) is 6.39. The van der Waals surface area contributed by atoms with Crippen LogP contribution < -0.4 is 10.6 Å². The third-order valence-electron chi connectivity index (χ3n) is 2.45. The predicted octanol–water partition coefficient (Wildman–Crippen LogP) is 1.83. The Morgan fingerprint density at radius 3 is 2.93 bits per heavy atom. The molecular formula is C10H16N4S. The van der Waals surface area contributed by atoms with E-state index >= 15 is 0 Å². The molecule has 82 valence electrons. The molecule has 2 N–H and O–H groups in total. The zero-order valence-electron chi connectivity index (χ0n) is 8.86. The fourth-order valence-electron chi connectivity index (χ4n) is 1.61. The Morgan fingerprint density at radius 1 is 1.40 bits per heavy atom. The first kappa shape index (κ1) is 10.5. The molecular weight excluding hydrogens is 208 g/mol. The van der Waals surface area contributed by atoms with Crippen molar-refractivity contribution in [3.05, 3.63) is 12.3 Å². The summed E-state index contributed by atoms with van der Waals surface area (Å²) >= 11 is 2.03. The summed E-state index contributed by atoms with van der Waals surface area (Å²) in [5.41, 5.74) is 0. The SMILES string of the molecule is CNc1nccc(NC2CCSCC2)n1. The lowest BCUT2D eigenvalue weighted by Gasteiger charge is -2.22. The monoisotopic (exact) mass is 224 g/mol. The summed E-state index contributed by atoms with van der Waals surface area (Å²) < 4.78 is 0. The Kier molecular flexibility index (Phi) is 3.66. The van der Waals surface area contributed by atoms with E-state index in [0.29, 0.717) is 12.0 Å². The lowest BCUT2D eigenvalue weighted by molar-refractivity contribution is 0.663. The summed E-state index contributed by atoms with van der Waals surface area (Å²) in [6, 6.07) is 2.49. The van der Waals surface area contributed by atoms with E-state index in [9.17, 15) is 0 Å². The summed E-state index contributed by atoms with van der Waals surface area (Å²) in [5, 5.41) is 6.39. The fraction of sp³-hybridized carbons (Fsp3) is 0.600. The van der Waals surface area contributed by atoms with Crippen molar-refractivity contribution < 1.29 is 0 Å². The maximum Gasteiger partial charge on any atom is 0.224 e. The number of hydrogen-bond acceptors (Lipinski definition) is 5. The second-order valence-electron chi connectivity index (χ2n) is 3.55. The highest BCUT2D eigenvalue weighted by atomic mass is 32.2. The van der Waals surface area contributed by atoms with Crippen molar-refractivity contribution in [1.29, 1.82) is 0 Å². The second kappa shape index (κ2) is 5.21. The fourth-order valence-corrected chi connectivity index (χ4v) is 2.72. The molecule has 0 radical (unpaired) electrons. The van der Waals surface area contributed by atoms with Gasteiger partial charge in [-0.2, -0.15) is 16.7 Å². The molecule has 5 heteroatoms. The molecule has 1 saturated heterocycles. The van der Waals surface area contributed by atoms with E-state index in [4.69, 9.17) is 0 Å². The van der Waals surface area contributed by atoms with Gasteiger partial charge >= 0.3 is 0 Å². The van der Waals surface area contributed by atoms with E-state index in [2.05, 4.69) is 20.6 Å². The van der Waals surface area contributed by atoms with Crippen LogP contribution in [0.5, 0.6) is 0 Å². The molecule has 0 aliphatic carbocycles. The molecule has 0 saturated carbocycles. The molecule has 2 rings (SSSR count). The van der Waals surface area contributed by atoms with Gasteiger partial charge in [-0.15, -0.1) is 0 Å². The average molecular weight is 224 g/mol. The Balaban J connectivity index is 1.96. The van der Waals surface area contributed by atoms with Gasteiger partial charge in [-0.25, -0.2) is 4.98 Å². The summed E-state index contributed by atoms with van der Waals surface area (Å²) in [6.07, 6.45) is 4.23. The molecule has 0 amide bonds. The van der Waals surface area contributed by atoms with Gasteiger partial charge in [0.05, 0.1) is 0 Å². The predicted molar refractivity (Wildman–Crippen MR) is 65.5 cm³/mol. The number of rotatable bonds is 3. The minimum absolute atomic E-state index is 0.575. The quantitative estimate of drug-likeness (QED) is 0.820. The van der Waals surface area contributed by atoms with Crippen molar-refractivity contribution in [2.24, 2.45) is 0 Å². The molecule has 1 aliphatic heterocycles. The van der Waals surface area contributed by atoms with E-state index in [1.165, 1.54) is 24.3 Å². The van der Waals surface area contributed by atoms with Crippen molar-refractivity contribution in [2.45, 2.75) is 18.9 Å². The summed E-state index contributed by atoms with van der Waals surface area (Å²) in [7, 11) is 1.83. The molecule has 0 bridgehead atoms. The van der Waals surface area contributed by atoms with Gasteiger partial charge in [-0.05, 0) is 30.4 Å². The highest BCUT2D eigenvalue weighted by Gasteiger charge is 2.13. The van der Waals surface area contributed by atoms with E-state index in [0.717, 1.165) is 5.82 Å². The molecule has 15 heavy (non-hydrogen) atoms. The normalized spacial score (nSPS) is 17.4. The molecule has 0 atom stereocenters. The second-order valence-corrected chi connectivity index (χ2v) is 4.77. The Morgan fingerprint density at radius 2 is 2.20 bits per heavy atom. The van der Waals surface area contributed by atoms with Gasteiger partial charge in [-0.3, -0.25) is 0 Å². The van der Waals surface area contributed by atoms with Crippen molar-refractivity contribution in [2.75, 3.05) is 29.2 Å². The van der Waals surface area contributed by atoms with Crippen LogP contribution in [0.4, 0.5) is 11.8 Å². The van der Waals surface area contributed by atoms with E-state index in [1.807, 2.05) is 24.9 Å². The topological polar surface area (TPSA) is 49.8 Å². The van der Waals surface area contributed by atoms with E-state index in [-0.39, 0.29) is 0 Å². The lowest BCUT2D eigenvalue weighted by atomic mass is 10.1. The number of thioether (sulfide) groups is 1. The number of aromatic nitrogens is 2. The van der Waals surface area contributed by atoms with Gasteiger partial charge in [0.25, 0.3) is 0 Å². The highest BCUT2D eigenvalue weighted by Crippen LogP contribution is 2.20. The average Bonchev–Trinajstić information content (AvgIpc) is 2.31. The Hall–Kier alpha value is -0.970. The molecule has 0 unspecified atom stereocenters. The standard InChI is InChI=1S/C10H16N4S/c1-11-10-12-5-2-9(14-10)13-8-3-6-15-7-4-8/h2,5,8H,3-4,6-7H2,1H3,(H2,11,12,13,14). The Bertz CT molecular complexity index is 312. The largest absolute Gasteiger partial charge is 0.367 e. The molecule has 2 heterocycles. The minimum Gasteiger partial charge on any atom is -0.367 e. The molecule has 1 aromatic rings. The Labute approximate surface area is 94.3 Å². The zero-order chi connectivity index (χ0) is 10.5. The van der Waals surface area contributed by atoms with Crippen LogP contribution in [0.25, 0.3) is 0 Å². The van der Waals surface area contributed by atoms with Crippen LogP contribution in [0.1, 0.15) is 12.8 Å². The molecule has 4 nitrogen and oxygen atoms in total. The highest BCUT2D eigenvalue weighted by molar-refractivity contribution is 7.99. The number of anilines is 2. The molecule has 1 fully saturated rings. The summed E-state index contributed by atoms with van der Waals surface area (Å²) in [5.74, 6) is 4.10. The van der Waals surface area contributed by atoms with Crippen LogP contribution >= 0.6 is 11.8 Å². The van der Waals surface area contributed by atoms with Crippen LogP contribution in [0.2, 0.25) is 0 Å². The van der Waals surface area contributed by atoms with Gasteiger partial charge in [0.15, 0.2) is 0 Å².